The average molecular weight is 539 g/mol. The topological polar surface area (TPSA) is 85.5 Å². The van der Waals surface area contributed by atoms with Gasteiger partial charge in [-0.2, -0.15) is 0 Å². The van der Waals surface area contributed by atoms with Gasteiger partial charge in [-0.05, 0) is 54.1 Å². The summed E-state index contributed by atoms with van der Waals surface area (Å²) in [6.45, 7) is -0.249. The Morgan fingerprint density at radius 2 is 1.59 bits per heavy atom. The van der Waals surface area contributed by atoms with Crippen molar-refractivity contribution in [2.45, 2.75) is 17.9 Å². The van der Waals surface area contributed by atoms with Gasteiger partial charge in [0.25, 0.3) is 10.0 Å². The highest BCUT2D eigenvalue weighted by molar-refractivity contribution is 7.92. The molecule has 0 spiro atoms. The smallest absolute Gasteiger partial charge is 0.264 e. The molecule has 0 N–H and O–H groups in total. The van der Waals surface area contributed by atoms with Crippen molar-refractivity contribution >= 4 is 50.5 Å². The summed E-state index contributed by atoms with van der Waals surface area (Å²) in [6, 6.07) is 17.9. The molecule has 0 saturated carbocycles. The van der Waals surface area contributed by atoms with Crippen molar-refractivity contribution in [1.82, 2.24) is 10.2 Å². The zero-order valence-corrected chi connectivity index (χ0v) is 20.9. The fraction of sp³-hybridized carbons (Fsp3) is 0.130. The number of rotatable bonds is 8. The van der Waals surface area contributed by atoms with Crippen molar-refractivity contribution in [3.05, 3.63) is 99.1 Å². The van der Waals surface area contributed by atoms with Crippen molar-refractivity contribution in [2.24, 2.45) is 0 Å². The van der Waals surface area contributed by atoms with Crippen molar-refractivity contribution in [3.63, 3.8) is 0 Å². The van der Waals surface area contributed by atoms with Gasteiger partial charge in [-0.3, -0.25) is 4.31 Å². The van der Waals surface area contributed by atoms with Crippen molar-refractivity contribution in [1.29, 1.82) is 0 Å². The lowest BCUT2D eigenvalue weighted by Crippen LogP contribution is -2.31. The summed E-state index contributed by atoms with van der Waals surface area (Å²) >= 11 is 18.5. The van der Waals surface area contributed by atoms with Gasteiger partial charge in [-0.1, -0.05) is 53.0 Å². The molecule has 7 nitrogen and oxygen atoms in total. The molecular formula is C23H18Cl3N3O4S. The molecule has 0 amide bonds. The van der Waals surface area contributed by atoms with E-state index < -0.39 is 10.0 Å². The molecule has 176 valence electrons. The van der Waals surface area contributed by atoms with E-state index in [1.54, 1.807) is 25.3 Å². The van der Waals surface area contributed by atoms with Crippen LogP contribution >= 0.6 is 34.8 Å². The second kappa shape index (κ2) is 10.2. The van der Waals surface area contributed by atoms with E-state index in [1.165, 1.54) is 24.3 Å². The first kappa shape index (κ1) is 24.3. The largest absolute Gasteiger partial charge is 0.497 e. The van der Waals surface area contributed by atoms with Crippen LogP contribution < -0.4 is 9.04 Å². The number of ether oxygens (including phenoxy) is 1. The molecule has 0 atom stereocenters. The van der Waals surface area contributed by atoms with E-state index in [1.807, 2.05) is 24.3 Å². The number of benzene rings is 3. The number of aromatic nitrogens is 2. The first-order chi connectivity index (χ1) is 16.3. The molecular weight excluding hydrogens is 521 g/mol. The molecule has 0 bridgehead atoms. The van der Waals surface area contributed by atoms with Crippen LogP contribution in [0.15, 0.2) is 76.0 Å². The summed E-state index contributed by atoms with van der Waals surface area (Å²) in [5.41, 5.74) is 1.11. The lowest BCUT2D eigenvalue weighted by Gasteiger charge is -2.24. The molecule has 34 heavy (non-hydrogen) atoms. The molecule has 3 aromatic carbocycles. The summed E-state index contributed by atoms with van der Waals surface area (Å²) in [5, 5.41) is 8.80. The Morgan fingerprint density at radius 3 is 2.26 bits per heavy atom. The monoisotopic (exact) mass is 537 g/mol. The summed E-state index contributed by atoms with van der Waals surface area (Å²) in [5.74, 6) is 1.16. The molecule has 0 unspecified atom stereocenters. The first-order valence-corrected chi connectivity index (χ1v) is 12.5. The predicted molar refractivity (Wildman–Crippen MR) is 131 cm³/mol. The molecule has 0 radical (unpaired) electrons. The highest BCUT2D eigenvalue weighted by Gasteiger charge is 2.29. The predicted octanol–water partition coefficient (Wildman–Crippen LogP) is 6.02. The van der Waals surface area contributed by atoms with E-state index in [4.69, 9.17) is 44.0 Å². The zero-order chi connectivity index (χ0) is 24.3. The van der Waals surface area contributed by atoms with Gasteiger partial charge in [0.1, 0.15) is 12.3 Å². The van der Waals surface area contributed by atoms with E-state index in [9.17, 15) is 8.42 Å². The molecule has 11 heteroatoms. The average Bonchev–Trinajstić information content (AvgIpc) is 3.27. The minimum atomic E-state index is -4.08. The summed E-state index contributed by atoms with van der Waals surface area (Å²) < 4.78 is 39.1. The Labute approximate surface area is 211 Å². The molecule has 4 aromatic rings. The molecule has 0 aliphatic carbocycles. The van der Waals surface area contributed by atoms with E-state index in [0.717, 1.165) is 15.6 Å². The van der Waals surface area contributed by atoms with Gasteiger partial charge >= 0.3 is 0 Å². The molecule has 0 fully saturated rings. The van der Waals surface area contributed by atoms with Crippen LogP contribution in [0.2, 0.25) is 15.1 Å². The number of anilines is 1. The van der Waals surface area contributed by atoms with Crippen LogP contribution in [0.5, 0.6) is 5.75 Å². The molecule has 0 aliphatic heterocycles. The van der Waals surface area contributed by atoms with Gasteiger partial charge in [0, 0.05) is 5.02 Å². The minimum absolute atomic E-state index is 0.0194. The Morgan fingerprint density at radius 1 is 0.912 bits per heavy atom. The molecule has 1 heterocycles. The lowest BCUT2D eigenvalue weighted by atomic mass is 10.1. The zero-order valence-electron chi connectivity index (χ0n) is 17.8. The van der Waals surface area contributed by atoms with Crippen molar-refractivity contribution in [3.8, 4) is 5.75 Å². The van der Waals surface area contributed by atoms with E-state index in [-0.39, 0.29) is 33.1 Å². The third kappa shape index (κ3) is 5.31. The van der Waals surface area contributed by atoms with Crippen LogP contribution in [0.1, 0.15) is 17.3 Å². The number of methoxy groups -OCH3 is 1. The van der Waals surface area contributed by atoms with Crippen molar-refractivity contribution in [2.75, 3.05) is 11.4 Å². The first-order valence-electron chi connectivity index (χ1n) is 9.94. The van der Waals surface area contributed by atoms with Crippen LogP contribution in [0.25, 0.3) is 0 Å². The van der Waals surface area contributed by atoms with Gasteiger partial charge in [-0.15, -0.1) is 10.2 Å². The third-order valence-corrected chi connectivity index (χ3v) is 7.74. The van der Waals surface area contributed by atoms with Crippen LogP contribution in [0, 0.1) is 0 Å². The fourth-order valence-electron chi connectivity index (χ4n) is 3.18. The van der Waals surface area contributed by atoms with Gasteiger partial charge in [0.15, 0.2) is 0 Å². The molecule has 0 aliphatic rings. The standard InChI is InChI=1S/C23H18Cl3N3O4S/c1-32-17-9-5-15(6-10-17)13-21-27-28-22(33-21)14-29(20-4-2-3-19(25)23(20)26)34(30,31)18-11-7-16(24)8-12-18/h2-12H,13-14H2,1H3. The summed E-state index contributed by atoms with van der Waals surface area (Å²) in [6.07, 6.45) is 0.374. The van der Waals surface area contributed by atoms with Crippen LogP contribution in [0.4, 0.5) is 5.69 Å². The Bertz CT molecular complexity index is 1390. The minimum Gasteiger partial charge on any atom is -0.497 e. The van der Waals surface area contributed by atoms with E-state index >= 15 is 0 Å². The molecule has 0 saturated heterocycles. The molecule has 1 aromatic heterocycles. The number of sulfonamides is 1. The molecule has 4 rings (SSSR count). The Hall–Kier alpha value is -2.78. The number of halogens is 3. The number of hydrogen-bond acceptors (Lipinski definition) is 6. The maximum absolute atomic E-state index is 13.5. The summed E-state index contributed by atoms with van der Waals surface area (Å²) in [4.78, 5) is 0.0194. The second-order valence-corrected chi connectivity index (χ2v) is 10.2. The maximum Gasteiger partial charge on any atom is 0.264 e. The Kier molecular flexibility index (Phi) is 7.33. The van der Waals surface area contributed by atoms with E-state index in [0.29, 0.717) is 17.3 Å². The van der Waals surface area contributed by atoms with Crippen LogP contribution in [0.3, 0.4) is 0 Å². The van der Waals surface area contributed by atoms with Gasteiger partial charge in [0.2, 0.25) is 11.8 Å². The fourth-order valence-corrected chi connectivity index (χ4v) is 5.18. The van der Waals surface area contributed by atoms with Crippen LogP contribution in [-0.4, -0.2) is 25.7 Å². The Balaban J connectivity index is 1.66. The summed E-state index contributed by atoms with van der Waals surface area (Å²) in [7, 11) is -2.48. The quantitative estimate of drug-likeness (QED) is 0.272. The lowest BCUT2D eigenvalue weighted by molar-refractivity contribution is 0.414. The van der Waals surface area contributed by atoms with Gasteiger partial charge in [-0.25, -0.2) is 8.42 Å². The normalized spacial score (nSPS) is 11.4. The maximum atomic E-state index is 13.5. The van der Waals surface area contributed by atoms with Crippen molar-refractivity contribution < 1.29 is 17.6 Å². The van der Waals surface area contributed by atoms with Gasteiger partial charge in [0.05, 0.1) is 34.2 Å². The van der Waals surface area contributed by atoms with Gasteiger partial charge < -0.3 is 9.15 Å². The highest BCUT2D eigenvalue weighted by Crippen LogP contribution is 2.36. The SMILES string of the molecule is COc1ccc(Cc2nnc(CN(c3cccc(Cl)c3Cl)S(=O)(=O)c3ccc(Cl)cc3)o2)cc1. The second-order valence-electron chi connectivity index (χ2n) is 7.15. The highest BCUT2D eigenvalue weighted by atomic mass is 35.5. The third-order valence-electron chi connectivity index (χ3n) is 4.90. The number of nitrogens with zero attached hydrogens (tertiary/aromatic N) is 3. The number of hydrogen-bond donors (Lipinski definition) is 0. The van der Waals surface area contributed by atoms with E-state index in [2.05, 4.69) is 10.2 Å². The van der Waals surface area contributed by atoms with Crippen LogP contribution in [-0.2, 0) is 23.0 Å².